The monoisotopic (exact) mass is 553 g/mol. The molecule has 2 aromatic rings. The van der Waals surface area contributed by atoms with E-state index >= 15 is 0 Å². The smallest absolute Gasteiger partial charge is 0.306 e. The number of sulfone groups is 1. The topological polar surface area (TPSA) is 138 Å². The van der Waals surface area contributed by atoms with Crippen LogP contribution in [0.2, 0.25) is 0 Å². The molecule has 0 unspecified atom stereocenters. The molecule has 11 heteroatoms. The van der Waals surface area contributed by atoms with Crippen LogP contribution in [0.5, 0.6) is 5.75 Å². The van der Waals surface area contributed by atoms with E-state index in [1.165, 1.54) is 28.6 Å². The third-order valence-electron chi connectivity index (χ3n) is 6.24. The second kappa shape index (κ2) is 12.4. The maximum Gasteiger partial charge on any atom is 0.306 e. The Morgan fingerprint density at radius 3 is 2.30 bits per heavy atom. The van der Waals surface area contributed by atoms with E-state index in [1.54, 1.807) is 0 Å². The summed E-state index contributed by atoms with van der Waals surface area (Å²) in [5, 5.41) is 20.8. The Morgan fingerprint density at radius 2 is 1.73 bits per heavy atom. The first-order valence-electron chi connectivity index (χ1n) is 12.3. The van der Waals surface area contributed by atoms with Crippen LogP contribution in [0.25, 0.3) is 0 Å². The molecule has 0 spiro atoms. The van der Waals surface area contributed by atoms with Crippen molar-refractivity contribution in [2.75, 3.05) is 24.6 Å². The lowest BCUT2D eigenvalue weighted by atomic mass is 9.90. The number of aromatic hydroxyl groups is 1. The molecule has 0 radical (unpaired) electrons. The first-order chi connectivity index (χ1) is 17.4. The Hall–Kier alpha value is -2.47. The van der Waals surface area contributed by atoms with E-state index in [1.807, 2.05) is 44.2 Å². The summed E-state index contributed by atoms with van der Waals surface area (Å²) in [4.78, 5) is 12.7. The lowest BCUT2D eigenvalue weighted by Crippen LogP contribution is -2.43. The Morgan fingerprint density at radius 1 is 1.08 bits per heavy atom. The van der Waals surface area contributed by atoms with E-state index in [0.717, 1.165) is 5.56 Å². The number of aliphatic hydroxyl groups is 1. The van der Waals surface area contributed by atoms with E-state index in [4.69, 9.17) is 4.74 Å². The standard InChI is InChI=1S/C26H35NO8S2/c1-19(2)16-27(37(33,34)24-10-8-22(28)9-11-24)17-25(29)21(14-20-6-4-3-5-7-20)15-26(30)35-23-12-13-36(31,32)18-23/h3-11,19,21,23,25,28-29H,12-18H2,1-2H3/t21-,23+,25-/m1/s1. The number of phenols is 1. The molecule has 2 aromatic carbocycles. The third-order valence-corrected chi connectivity index (χ3v) is 9.82. The number of sulfonamides is 1. The molecule has 1 heterocycles. The van der Waals surface area contributed by atoms with Crippen molar-refractivity contribution in [3.63, 3.8) is 0 Å². The van der Waals surface area contributed by atoms with Gasteiger partial charge in [-0.05, 0) is 48.6 Å². The van der Waals surface area contributed by atoms with Crippen LogP contribution < -0.4 is 0 Å². The van der Waals surface area contributed by atoms with Gasteiger partial charge in [0.1, 0.15) is 11.9 Å². The average Bonchev–Trinajstić information content (AvgIpc) is 3.16. The second-order valence-corrected chi connectivity index (χ2v) is 14.1. The van der Waals surface area contributed by atoms with Crippen LogP contribution in [0.3, 0.4) is 0 Å². The molecule has 0 bridgehead atoms. The van der Waals surface area contributed by atoms with Crippen molar-refractivity contribution in [3.05, 3.63) is 60.2 Å². The summed E-state index contributed by atoms with van der Waals surface area (Å²) in [7, 11) is -7.22. The van der Waals surface area contributed by atoms with Crippen molar-refractivity contribution in [3.8, 4) is 5.75 Å². The molecule has 3 atom stereocenters. The third kappa shape index (κ3) is 8.53. The van der Waals surface area contributed by atoms with Gasteiger partial charge >= 0.3 is 5.97 Å². The van der Waals surface area contributed by atoms with Crippen LogP contribution >= 0.6 is 0 Å². The highest BCUT2D eigenvalue weighted by Crippen LogP contribution is 2.25. The van der Waals surface area contributed by atoms with Crippen LogP contribution in [0.4, 0.5) is 0 Å². The number of aliphatic hydroxyl groups excluding tert-OH is 1. The Bertz CT molecular complexity index is 1250. The van der Waals surface area contributed by atoms with Gasteiger partial charge < -0.3 is 14.9 Å². The van der Waals surface area contributed by atoms with Crippen LogP contribution in [-0.4, -0.2) is 74.1 Å². The Balaban J connectivity index is 1.80. The highest BCUT2D eigenvalue weighted by atomic mass is 32.2. The maximum absolute atomic E-state index is 13.4. The summed E-state index contributed by atoms with van der Waals surface area (Å²) in [5.74, 6) is -1.64. The first-order valence-corrected chi connectivity index (χ1v) is 15.5. The number of ether oxygens (including phenoxy) is 1. The van der Waals surface area contributed by atoms with Crippen LogP contribution in [0.15, 0.2) is 59.5 Å². The van der Waals surface area contributed by atoms with Crippen LogP contribution in [-0.2, 0) is 35.8 Å². The number of benzene rings is 2. The Labute approximate surface area is 219 Å². The van der Waals surface area contributed by atoms with E-state index in [0.29, 0.717) is 6.42 Å². The molecule has 1 aliphatic heterocycles. The summed E-state index contributed by atoms with van der Waals surface area (Å²) in [6.07, 6.45) is -1.56. The molecular formula is C26H35NO8S2. The van der Waals surface area contributed by atoms with Crippen molar-refractivity contribution < 1.29 is 36.6 Å². The fourth-order valence-electron chi connectivity index (χ4n) is 4.37. The number of carbonyl (C=O) groups excluding carboxylic acids is 1. The van der Waals surface area contributed by atoms with Gasteiger partial charge in [-0.3, -0.25) is 4.79 Å². The summed E-state index contributed by atoms with van der Waals surface area (Å²) >= 11 is 0. The van der Waals surface area contributed by atoms with Crippen molar-refractivity contribution in [1.82, 2.24) is 4.31 Å². The minimum atomic E-state index is -4.00. The fourth-order valence-corrected chi connectivity index (χ4v) is 7.58. The van der Waals surface area contributed by atoms with E-state index < -0.39 is 44.0 Å². The van der Waals surface area contributed by atoms with Gasteiger partial charge in [0.25, 0.3) is 0 Å². The van der Waals surface area contributed by atoms with Gasteiger partial charge in [0, 0.05) is 19.0 Å². The fraction of sp³-hybridized carbons (Fsp3) is 0.500. The number of hydrogen-bond acceptors (Lipinski definition) is 8. The molecule has 1 aliphatic rings. The zero-order valence-electron chi connectivity index (χ0n) is 21.1. The predicted molar refractivity (Wildman–Crippen MR) is 139 cm³/mol. The molecule has 37 heavy (non-hydrogen) atoms. The van der Waals surface area contributed by atoms with Gasteiger partial charge in [-0.15, -0.1) is 0 Å². The molecule has 0 aromatic heterocycles. The zero-order valence-corrected chi connectivity index (χ0v) is 22.7. The van der Waals surface area contributed by atoms with Crippen molar-refractivity contribution in [1.29, 1.82) is 0 Å². The second-order valence-electron chi connectivity index (χ2n) is 9.95. The van der Waals surface area contributed by atoms with E-state index in [9.17, 15) is 31.8 Å². The molecule has 0 saturated carbocycles. The molecular weight excluding hydrogens is 518 g/mol. The SMILES string of the molecule is CC(C)CN(C[C@@H](O)[C@@H](CC(=O)O[C@H]1CCS(=O)(=O)C1)Cc1ccccc1)S(=O)(=O)c1ccc(O)cc1. The molecule has 9 nitrogen and oxygen atoms in total. The molecule has 3 rings (SSSR count). The van der Waals surface area contributed by atoms with Crippen LogP contribution in [0, 0.1) is 11.8 Å². The van der Waals surface area contributed by atoms with Crippen molar-refractivity contribution in [2.45, 2.75) is 50.2 Å². The highest BCUT2D eigenvalue weighted by Gasteiger charge is 2.34. The average molecular weight is 554 g/mol. The van der Waals surface area contributed by atoms with Gasteiger partial charge in [0.15, 0.2) is 9.84 Å². The zero-order chi connectivity index (χ0) is 27.2. The number of hydrogen-bond donors (Lipinski definition) is 2. The number of esters is 1. The maximum atomic E-state index is 13.4. The van der Waals surface area contributed by atoms with Crippen molar-refractivity contribution in [2.24, 2.45) is 11.8 Å². The minimum absolute atomic E-state index is 0.0142. The Kier molecular flexibility index (Phi) is 9.74. The number of carbonyl (C=O) groups is 1. The van der Waals surface area contributed by atoms with Gasteiger partial charge in [-0.25, -0.2) is 16.8 Å². The summed E-state index contributed by atoms with van der Waals surface area (Å²) < 4.78 is 56.8. The van der Waals surface area contributed by atoms with E-state index in [2.05, 4.69) is 0 Å². The minimum Gasteiger partial charge on any atom is -0.508 e. The normalized spacial score (nSPS) is 19.1. The quantitative estimate of drug-likeness (QED) is 0.382. The van der Waals surface area contributed by atoms with Gasteiger partial charge in [0.05, 0.1) is 28.9 Å². The molecule has 0 aliphatic carbocycles. The number of rotatable bonds is 12. The van der Waals surface area contributed by atoms with Crippen molar-refractivity contribution >= 4 is 25.8 Å². The van der Waals surface area contributed by atoms with E-state index in [-0.39, 0.29) is 54.0 Å². The summed E-state index contributed by atoms with van der Waals surface area (Å²) in [6, 6.07) is 14.4. The van der Waals surface area contributed by atoms with Crippen LogP contribution in [0.1, 0.15) is 32.3 Å². The number of phenolic OH excluding ortho intramolecular Hbond substituents is 1. The lowest BCUT2D eigenvalue weighted by molar-refractivity contribution is -0.150. The largest absolute Gasteiger partial charge is 0.508 e. The molecule has 1 fully saturated rings. The summed E-state index contributed by atoms with van der Waals surface area (Å²) in [6.45, 7) is 3.62. The molecule has 1 saturated heterocycles. The lowest BCUT2D eigenvalue weighted by Gasteiger charge is -2.30. The highest BCUT2D eigenvalue weighted by molar-refractivity contribution is 7.91. The number of nitrogens with zero attached hydrogens (tertiary/aromatic N) is 1. The molecule has 0 amide bonds. The molecule has 2 N–H and O–H groups in total. The summed E-state index contributed by atoms with van der Waals surface area (Å²) in [5.41, 5.74) is 0.861. The molecule has 204 valence electrons. The predicted octanol–water partition coefficient (Wildman–Crippen LogP) is 2.38. The first kappa shape index (κ1) is 29.1. The van der Waals surface area contributed by atoms with Gasteiger partial charge in [-0.1, -0.05) is 44.2 Å². The van der Waals surface area contributed by atoms with Gasteiger partial charge in [0.2, 0.25) is 10.0 Å². The van der Waals surface area contributed by atoms with Gasteiger partial charge in [-0.2, -0.15) is 4.31 Å².